The zero-order chi connectivity index (χ0) is 29.0. The van der Waals surface area contributed by atoms with Gasteiger partial charge in [-0.3, -0.25) is 9.59 Å². The molecule has 1 aliphatic heterocycles. The predicted molar refractivity (Wildman–Crippen MR) is 148 cm³/mol. The molecule has 3 aromatic rings. The highest BCUT2D eigenvalue weighted by molar-refractivity contribution is 6.31. The Kier molecular flexibility index (Phi) is 7.50. The first-order valence-corrected chi connectivity index (χ1v) is 14.1. The zero-order valence-corrected chi connectivity index (χ0v) is 24.0. The van der Waals surface area contributed by atoms with Gasteiger partial charge in [0, 0.05) is 49.8 Å². The number of aliphatic carboxylic acids is 1. The van der Waals surface area contributed by atoms with Crippen molar-refractivity contribution in [2.45, 2.75) is 47.1 Å². The normalized spacial score (nSPS) is 20.9. The molecule has 11 heteroatoms. The first-order chi connectivity index (χ1) is 18.8. The zero-order valence-electron chi connectivity index (χ0n) is 23.2. The van der Waals surface area contributed by atoms with Crippen LogP contribution < -0.4 is 4.90 Å². The highest BCUT2D eigenvalue weighted by Gasteiger charge is 2.57. The van der Waals surface area contributed by atoms with E-state index in [1.807, 2.05) is 0 Å². The number of rotatable bonds is 9. The Morgan fingerprint density at radius 1 is 1.07 bits per heavy atom. The average molecular weight is 574 g/mol. The third-order valence-corrected chi connectivity index (χ3v) is 8.65. The van der Waals surface area contributed by atoms with E-state index < -0.39 is 22.6 Å². The molecule has 5 rings (SSSR count). The van der Waals surface area contributed by atoms with Gasteiger partial charge in [-0.1, -0.05) is 39.3 Å². The predicted octanol–water partition coefficient (Wildman–Crippen LogP) is 5.63. The van der Waals surface area contributed by atoms with E-state index in [0.717, 1.165) is 12.1 Å². The number of piperidine rings is 1. The molecule has 1 amide bonds. The number of likely N-dealkylation sites (tertiary alicyclic amines) is 1. The molecule has 1 saturated carbocycles. The van der Waals surface area contributed by atoms with Crippen molar-refractivity contribution in [3.63, 3.8) is 0 Å². The maximum atomic E-state index is 14.4. The van der Waals surface area contributed by atoms with Gasteiger partial charge >= 0.3 is 5.97 Å². The number of carbonyl (C=O) groups is 2. The number of hydrogen-bond donors (Lipinski definition) is 1. The summed E-state index contributed by atoms with van der Waals surface area (Å²) in [6.07, 6.45) is 0.132. The molecule has 40 heavy (non-hydrogen) atoms. The number of carboxylic acid groups (broad SMARTS) is 1. The molecule has 1 saturated heterocycles. The molecule has 0 bridgehead atoms. The summed E-state index contributed by atoms with van der Waals surface area (Å²) in [6.45, 7) is 12.3. The van der Waals surface area contributed by atoms with Crippen LogP contribution in [0.4, 0.5) is 14.6 Å². The minimum atomic E-state index is -0.882. The van der Waals surface area contributed by atoms with Crippen molar-refractivity contribution in [1.82, 2.24) is 19.5 Å². The molecular weight excluding hydrogens is 540 g/mol. The maximum Gasteiger partial charge on any atom is 0.303 e. The molecule has 4 atom stereocenters. The van der Waals surface area contributed by atoms with Crippen LogP contribution in [0.2, 0.25) is 5.02 Å². The summed E-state index contributed by atoms with van der Waals surface area (Å²) < 4.78 is 30.4. The highest BCUT2D eigenvalue weighted by atomic mass is 35.5. The van der Waals surface area contributed by atoms with Crippen molar-refractivity contribution in [3.05, 3.63) is 46.6 Å². The summed E-state index contributed by atoms with van der Waals surface area (Å²) >= 11 is 5.73. The van der Waals surface area contributed by atoms with Gasteiger partial charge in [-0.2, -0.15) is 9.61 Å². The molecule has 8 nitrogen and oxygen atoms in total. The van der Waals surface area contributed by atoms with Gasteiger partial charge in [0.25, 0.3) is 5.91 Å². The molecule has 214 valence electrons. The van der Waals surface area contributed by atoms with Gasteiger partial charge < -0.3 is 14.9 Å². The van der Waals surface area contributed by atoms with Crippen molar-refractivity contribution in [3.8, 4) is 11.3 Å². The van der Waals surface area contributed by atoms with Crippen LogP contribution in [0.5, 0.6) is 0 Å². The highest BCUT2D eigenvalue weighted by Crippen LogP contribution is 2.53. The van der Waals surface area contributed by atoms with Crippen molar-refractivity contribution in [1.29, 1.82) is 0 Å². The van der Waals surface area contributed by atoms with Crippen LogP contribution in [0.15, 0.2) is 24.3 Å². The van der Waals surface area contributed by atoms with Gasteiger partial charge in [0.05, 0.1) is 5.69 Å². The second-order valence-electron chi connectivity index (χ2n) is 11.9. The minimum Gasteiger partial charge on any atom is -0.481 e. The van der Waals surface area contributed by atoms with E-state index in [4.69, 9.17) is 16.7 Å². The SMILES string of the molecule is CC(C)CN(c1cc(-c2cc(F)c(Cl)c(F)c2)nc2cc(C(=O)N3CC4[C@@H](C3)[C@H]4CC(=O)O)nn12)[C@H](C)C(C)C. The van der Waals surface area contributed by atoms with Crippen LogP contribution in [0.3, 0.4) is 0 Å². The number of carbonyl (C=O) groups excluding carboxylic acids is 1. The first kappa shape index (κ1) is 28.3. The van der Waals surface area contributed by atoms with Crippen molar-refractivity contribution >= 4 is 34.9 Å². The molecule has 1 unspecified atom stereocenters. The Morgan fingerprint density at radius 3 is 2.25 bits per heavy atom. The third-order valence-electron chi connectivity index (χ3n) is 8.29. The lowest BCUT2D eigenvalue weighted by Gasteiger charge is -2.35. The van der Waals surface area contributed by atoms with E-state index in [9.17, 15) is 18.4 Å². The second kappa shape index (κ2) is 10.6. The van der Waals surface area contributed by atoms with Crippen LogP contribution in [0, 0.1) is 41.2 Å². The minimum absolute atomic E-state index is 0.0831. The Hall–Kier alpha value is -3.27. The van der Waals surface area contributed by atoms with Gasteiger partial charge in [0.15, 0.2) is 11.3 Å². The van der Waals surface area contributed by atoms with E-state index in [2.05, 4.69) is 49.6 Å². The van der Waals surface area contributed by atoms with Gasteiger partial charge in [-0.15, -0.1) is 0 Å². The summed E-state index contributed by atoms with van der Waals surface area (Å²) in [5.74, 6) is -1.03. The number of halogens is 3. The molecule has 2 aliphatic rings. The summed E-state index contributed by atoms with van der Waals surface area (Å²) in [4.78, 5) is 33.1. The monoisotopic (exact) mass is 573 g/mol. The van der Waals surface area contributed by atoms with E-state index in [1.165, 1.54) is 0 Å². The van der Waals surface area contributed by atoms with Gasteiger partial charge in [-0.25, -0.2) is 13.8 Å². The Morgan fingerprint density at radius 2 is 1.70 bits per heavy atom. The van der Waals surface area contributed by atoms with E-state index in [0.29, 0.717) is 42.7 Å². The summed E-state index contributed by atoms with van der Waals surface area (Å²) in [6, 6.07) is 5.74. The lowest BCUT2D eigenvalue weighted by molar-refractivity contribution is -0.137. The van der Waals surface area contributed by atoms with E-state index in [1.54, 1.807) is 21.5 Å². The Bertz CT molecular complexity index is 1440. The number of nitrogens with zero attached hydrogens (tertiary/aromatic N) is 5. The lowest BCUT2D eigenvalue weighted by atomic mass is 10.0. The lowest BCUT2D eigenvalue weighted by Crippen LogP contribution is -2.40. The van der Waals surface area contributed by atoms with Gasteiger partial charge in [-0.05, 0) is 48.6 Å². The smallest absolute Gasteiger partial charge is 0.303 e. The van der Waals surface area contributed by atoms with Crippen LogP contribution in [0.25, 0.3) is 16.9 Å². The summed E-state index contributed by atoms with van der Waals surface area (Å²) in [7, 11) is 0. The molecular formula is C29H34ClF2N5O3. The molecule has 1 aliphatic carbocycles. The number of benzene rings is 1. The molecule has 3 heterocycles. The third kappa shape index (κ3) is 5.25. The van der Waals surface area contributed by atoms with E-state index in [-0.39, 0.29) is 53.3 Å². The second-order valence-corrected chi connectivity index (χ2v) is 12.3. The number of hydrogen-bond acceptors (Lipinski definition) is 5. The van der Waals surface area contributed by atoms with E-state index >= 15 is 0 Å². The fourth-order valence-electron chi connectivity index (χ4n) is 5.82. The summed E-state index contributed by atoms with van der Waals surface area (Å²) in [5, 5.41) is 13.2. The fraction of sp³-hybridized carbons (Fsp3) is 0.517. The largest absolute Gasteiger partial charge is 0.481 e. The number of aromatic nitrogens is 3. The number of fused-ring (bicyclic) bond motifs is 2. The standard InChI is InChI=1S/C29H34ClF2N5O3/c1-14(2)11-36(16(5)15(3)4)26-10-23(17-6-21(31)28(30)22(32)7-17)33-25-9-24(34-37(25)26)29(40)35-12-19-18(8-27(38)39)20(19)13-35/h6-7,9-10,14-16,18-20H,8,11-13H2,1-5H3,(H,38,39)/t16-,18-,19+,20?/m1/s1. The van der Waals surface area contributed by atoms with Crippen LogP contribution in [-0.4, -0.2) is 62.2 Å². The van der Waals surface area contributed by atoms with Crippen LogP contribution >= 0.6 is 11.6 Å². The summed E-state index contributed by atoms with van der Waals surface area (Å²) in [5.41, 5.74) is 1.16. The number of amides is 1. The topological polar surface area (TPSA) is 91.0 Å². The Balaban J connectivity index is 1.56. The fourth-order valence-corrected chi connectivity index (χ4v) is 5.93. The maximum absolute atomic E-state index is 14.4. The molecule has 2 fully saturated rings. The first-order valence-electron chi connectivity index (χ1n) is 13.7. The molecule has 1 aromatic carbocycles. The molecule has 2 aromatic heterocycles. The van der Waals surface area contributed by atoms with Crippen LogP contribution in [0.1, 0.15) is 51.5 Å². The molecule has 1 N–H and O–H groups in total. The number of anilines is 1. The van der Waals surface area contributed by atoms with Crippen molar-refractivity contribution < 1.29 is 23.5 Å². The average Bonchev–Trinajstić information content (AvgIpc) is 3.24. The van der Waals surface area contributed by atoms with Crippen LogP contribution in [-0.2, 0) is 4.79 Å². The quantitative estimate of drug-likeness (QED) is 0.334. The number of carboxylic acids is 1. The Labute approximate surface area is 236 Å². The molecule has 0 radical (unpaired) electrons. The van der Waals surface area contributed by atoms with Crippen molar-refractivity contribution in [2.24, 2.45) is 29.6 Å². The molecule has 0 spiro atoms. The van der Waals surface area contributed by atoms with Crippen molar-refractivity contribution in [2.75, 3.05) is 24.5 Å². The van der Waals surface area contributed by atoms with Gasteiger partial charge in [0.1, 0.15) is 22.5 Å². The van der Waals surface area contributed by atoms with Gasteiger partial charge in [0.2, 0.25) is 0 Å².